The van der Waals surface area contributed by atoms with Crippen molar-refractivity contribution in [3.8, 4) is 0 Å². The van der Waals surface area contributed by atoms with Crippen molar-refractivity contribution in [3.63, 3.8) is 0 Å². The molecule has 4 rings (SSSR count). The Labute approximate surface area is 344 Å². The Hall–Kier alpha value is -3.59. The van der Waals surface area contributed by atoms with E-state index in [1.165, 1.54) is 13.8 Å². The molecule has 2 aromatic rings. The Morgan fingerprint density at radius 3 is 2.36 bits per heavy atom. The number of aliphatic hydroxyl groups is 1. The zero-order valence-electron chi connectivity index (χ0n) is 36.5. The molecule has 0 saturated carbocycles. The lowest BCUT2D eigenvalue weighted by molar-refractivity contribution is -0.299. The molecule has 0 bridgehead atoms. The number of benzene rings is 1. The Morgan fingerprint density at radius 2 is 1.72 bits per heavy atom. The maximum absolute atomic E-state index is 14.5. The molecule has 0 radical (unpaired) electrons. The molecular weight excluding hydrogens is 743 g/mol. The van der Waals surface area contributed by atoms with Gasteiger partial charge in [0.25, 0.3) is 6.47 Å². The molecule has 1 aromatic carbocycles. The molecule has 2 aliphatic heterocycles. The van der Waals surface area contributed by atoms with E-state index < -0.39 is 77.3 Å². The Bertz CT molecular complexity index is 1780. The molecule has 2 fully saturated rings. The summed E-state index contributed by atoms with van der Waals surface area (Å²) in [5.74, 6) is -5.50. The maximum Gasteiger partial charge on any atom is 0.316 e. The monoisotopic (exact) mass is 809 g/mol. The number of hydrogen-bond acceptors (Lipinski definition) is 13. The first-order chi connectivity index (χ1) is 27.1. The van der Waals surface area contributed by atoms with E-state index in [4.69, 9.17) is 29.4 Å². The smallest absolute Gasteiger partial charge is 0.316 e. The lowest BCUT2D eigenvalue weighted by Gasteiger charge is -2.49. The van der Waals surface area contributed by atoms with Crippen LogP contribution in [0.5, 0.6) is 0 Å². The molecule has 1 aromatic heterocycles. The quantitative estimate of drug-likeness (QED) is 0.171. The zero-order valence-corrected chi connectivity index (χ0v) is 36.5. The van der Waals surface area contributed by atoms with Crippen molar-refractivity contribution in [1.29, 1.82) is 0 Å². The predicted octanol–water partition coefficient (Wildman–Crippen LogP) is 5.67. The minimum absolute atomic E-state index is 0.0426. The van der Waals surface area contributed by atoms with E-state index in [1.807, 2.05) is 56.5 Å². The number of aliphatic hydroxyl groups excluding tert-OH is 1. The minimum Gasteiger partial charge on any atom is -0.458 e. The van der Waals surface area contributed by atoms with Gasteiger partial charge in [-0.1, -0.05) is 58.0 Å². The molecule has 58 heavy (non-hydrogen) atoms. The average molecular weight is 810 g/mol. The number of nitrogens with zero attached hydrogens (tertiary/aromatic N) is 2. The summed E-state index contributed by atoms with van der Waals surface area (Å²) in [6.45, 7) is 20.0. The van der Waals surface area contributed by atoms with Gasteiger partial charge >= 0.3 is 5.97 Å². The van der Waals surface area contributed by atoms with Crippen molar-refractivity contribution in [2.45, 2.75) is 155 Å². The van der Waals surface area contributed by atoms with E-state index in [-0.39, 0.29) is 49.4 Å². The topological polar surface area (TPSA) is 177 Å². The fraction of sp³-hybridized carbons (Fsp3) is 0.667. The van der Waals surface area contributed by atoms with Crippen LogP contribution in [0, 0.1) is 23.7 Å². The first kappa shape index (κ1) is 47.1. The van der Waals surface area contributed by atoms with Crippen molar-refractivity contribution >= 4 is 41.0 Å². The van der Waals surface area contributed by atoms with Crippen LogP contribution >= 0.6 is 0 Å². The summed E-state index contributed by atoms with van der Waals surface area (Å²) >= 11 is 0. The largest absolute Gasteiger partial charge is 0.458 e. The summed E-state index contributed by atoms with van der Waals surface area (Å²) in [6.07, 6.45) is 1.43. The van der Waals surface area contributed by atoms with Gasteiger partial charge in [-0.15, -0.1) is 0 Å². The number of Topliss-reactive ketones (excluding diaryl/α,β-unsaturated/α-hetero) is 2. The van der Waals surface area contributed by atoms with Gasteiger partial charge in [-0.2, -0.15) is 0 Å². The van der Waals surface area contributed by atoms with Crippen LogP contribution in [0.25, 0.3) is 17.0 Å². The second-order valence-corrected chi connectivity index (χ2v) is 17.9. The highest BCUT2D eigenvalue weighted by Crippen LogP contribution is 2.39. The molecule has 0 unspecified atom stereocenters. The summed E-state index contributed by atoms with van der Waals surface area (Å²) in [5.41, 5.74) is 5.21. The van der Waals surface area contributed by atoms with Gasteiger partial charge in [-0.05, 0) is 92.5 Å². The van der Waals surface area contributed by atoms with E-state index in [1.54, 1.807) is 40.8 Å². The molecule has 0 aliphatic carbocycles. The number of aromatic nitrogens is 1. The van der Waals surface area contributed by atoms with E-state index in [0.717, 1.165) is 16.5 Å². The molecule has 0 spiro atoms. The second-order valence-electron chi connectivity index (χ2n) is 17.9. The third-order valence-corrected chi connectivity index (χ3v) is 12.6. The number of ether oxygens (including phenoxy) is 5. The van der Waals surface area contributed by atoms with E-state index >= 15 is 0 Å². The van der Waals surface area contributed by atoms with Gasteiger partial charge in [0, 0.05) is 40.9 Å². The van der Waals surface area contributed by atoms with Gasteiger partial charge in [0.15, 0.2) is 17.7 Å². The van der Waals surface area contributed by atoms with E-state index in [2.05, 4.69) is 30.7 Å². The first-order valence-corrected chi connectivity index (χ1v) is 20.6. The molecule has 3 N–H and O–H groups in total. The number of hydrogen-bond donors (Lipinski definition) is 2. The Balaban J connectivity index is 1.82. The number of fused-ring (bicyclic) bond motifs is 1. The third-order valence-electron chi connectivity index (χ3n) is 12.6. The summed E-state index contributed by atoms with van der Waals surface area (Å²) < 4.78 is 31.3. The molecule has 0 amide bonds. The zero-order chi connectivity index (χ0) is 43.3. The van der Waals surface area contributed by atoms with Crippen LogP contribution < -0.4 is 5.73 Å². The van der Waals surface area contributed by atoms with Crippen LogP contribution in [0.1, 0.15) is 101 Å². The van der Waals surface area contributed by atoms with Crippen LogP contribution in [0.15, 0.2) is 42.6 Å². The normalized spacial score (nSPS) is 36.2. The van der Waals surface area contributed by atoms with Crippen LogP contribution in [0.2, 0.25) is 0 Å². The SMILES string of the molecule is CC[C@H]1OC(=O)[C@H](C)C(=O)[C@H](C)[C@@H](O[C@@H]2O[C@H](C)C[C@H](N(C)C(C)(C)C)[C@H]2O)[C@](C)(OC/C=C/c2cnc3ccccc3c2)C[C@@H](C)C(=O)[C@H](C)[C@@H](N)[C@]1(C)OC=O. The predicted molar refractivity (Wildman–Crippen MR) is 221 cm³/mol. The van der Waals surface area contributed by atoms with Crippen LogP contribution in [0.3, 0.4) is 0 Å². The lowest BCUT2D eigenvalue weighted by atomic mass is 9.73. The number of para-hydroxylation sites is 1. The molecule has 13 nitrogen and oxygen atoms in total. The molecule has 13 atom stereocenters. The highest BCUT2D eigenvalue weighted by Gasteiger charge is 2.53. The van der Waals surface area contributed by atoms with Gasteiger partial charge in [-0.25, -0.2) is 0 Å². The maximum atomic E-state index is 14.5. The minimum atomic E-state index is -1.59. The molecule has 13 heteroatoms. The highest BCUT2D eigenvalue weighted by molar-refractivity contribution is 6.00. The van der Waals surface area contributed by atoms with Gasteiger partial charge in [-0.3, -0.25) is 29.1 Å². The molecule has 322 valence electrons. The van der Waals surface area contributed by atoms with Crippen LogP contribution in [-0.4, -0.2) is 112 Å². The number of ketones is 2. The van der Waals surface area contributed by atoms with Crippen molar-refractivity contribution in [3.05, 3.63) is 48.2 Å². The number of rotatable bonds is 10. The number of likely N-dealkylation sites (N-methyl/N-ethyl adjacent to an activating group) is 1. The van der Waals surface area contributed by atoms with E-state index in [9.17, 15) is 24.3 Å². The molecular formula is C45H67N3O10. The number of carbonyl (C=O) groups excluding carboxylic acids is 4. The van der Waals surface area contributed by atoms with Crippen LogP contribution in [-0.2, 0) is 42.9 Å². The molecule has 2 aliphatic rings. The van der Waals surface area contributed by atoms with Gasteiger partial charge in [0.1, 0.15) is 23.9 Å². The van der Waals surface area contributed by atoms with Crippen molar-refractivity contribution in [2.75, 3.05) is 13.7 Å². The number of nitrogens with two attached hydrogens (primary N) is 1. The molecule has 3 heterocycles. The van der Waals surface area contributed by atoms with Crippen molar-refractivity contribution in [1.82, 2.24) is 9.88 Å². The van der Waals surface area contributed by atoms with Gasteiger partial charge in [0.2, 0.25) is 0 Å². The lowest BCUT2D eigenvalue weighted by Crippen LogP contribution is -2.62. The first-order valence-electron chi connectivity index (χ1n) is 20.6. The second kappa shape index (κ2) is 19.2. The Morgan fingerprint density at radius 1 is 1.05 bits per heavy atom. The van der Waals surface area contributed by atoms with Gasteiger partial charge in [0.05, 0.1) is 36.0 Å². The highest BCUT2D eigenvalue weighted by atomic mass is 16.7. The number of esters is 1. The Kier molecular flexibility index (Phi) is 15.6. The van der Waals surface area contributed by atoms with Crippen LogP contribution in [0.4, 0.5) is 0 Å². The summed E-state index contributed by atoms with van der Waals surface area (Å²) in [7, 11) is 1.95. The van der Waals surface area contributed by atoms with Gasteiger partial charge < -0.3 is 34.5 Å². The summed E-state index contributed by atoms with van der Waals surface area (Å²) in [5, 5.41) is 12.9. The average Bonchev–Trinajstić information content (AvgIpc) is 3.18. The number of cyclic esters (lactones) is 1. The standard InChI is InChI=1S/C45H67N3O10/c1-13-35-45(11,55-25-49)39(46)28(4)36(50)26(2)23-44(10,54-20-16-17-31-22-32-18-14-15-19-33(32)47-24-31)40(29(5)37(51)30(6)41(53)57-35)58-42-38(52)34(21-27(3)56-42)48(12)43(7,8)9/h14-19,22,24-30,34-35,38-40,42,52H,13,20-21,23,46H2,1-12H3/b17-16+/t26-,27-,28+,29+,30-,34+,35-,38-,39-,40-,42+,44-,45-/m1/s1. The molecule has 2 saturated heterocycles. The fourth-order valence-corrected chi connectivity index (χ4v) is 8.63. The summed E-state index contributed by atoms with van der Waals surface area (Å²) in [6, 6.07) is 8.38. The fourth-order valence-electron chi connectivity index (χ4n) is 8.63. The number of carbonyl (C=O) groups is 4. The van der Waals surface area contributed by atoms with Crippen molar-refractivity contribution < 1.29 is 48.0 Å². The third kappa shape index (κ3) is 10.4. The van der Waals surface area contributed by atoms with E-state index in [0.29, 0.717) is 6.42 Å². The number of pyridine rings is 1. The summed E-state index contributed by atoms with van der Waals surface area (Å²) in [4.78, 5) is 61.3. The van der Waals surface area contributed by atoms with Crippen molar-refractivity contribution in [2.24, 2.45) is 29.4 Å².